The quantitative estimate of drug-likeness (QED) is 0.389. The lowest BCUT2D eigenvalue weighted by atomic mass is 9.68. The van der Waals surface area contributed by atoms with E-state index in [2.05, 4.69) is 55.4 Å². The summed E-state index contributed by atoms with van der Waals surface area (Å²) in [4.78, 5) is 0. The molecule has 0 heterocycles. The van der Waals surface area contributed by atoms with Crippen LogP contribution >= 0.6 is 0 Å². The van der Waals surface area contributed by atoms with Gasteiger partial charge in [-0.15, -0.1) is 0 Å². The molecule has 0 aliphatic rings. The highest BCUT2D eigenvalue weighted by molar-refractivity contribution is 4.93. The fourth-order valence-corrected chi connectivity index (χ4v) is 3.01. The van der Waals surface area contributed by atoms with Crippen LogP contribution in [0.3, 0.4) is 0 Å². The van der Waals surface area contributed by atoms with Crippen LogP contribution < -0.4 is 0 Å². The van der Waals surface area contributed by atoms with E-state index in [-0.39, 0.29) is 16.6 Å². The predicted molar refractivity (Wildman–Crippen MR) is 97.5 cm³/mol. The van der Waals surface area contributed by atoms with Crippen LogP contribution in [0.2, 0.25) is 0 Å². The molecular weight excluding hydrogens is 272 g/mol. The van der Waals surface area contributed by atoms with Crippen molar-refractivity contribution in [1.29, 1.82) is 0 Å². The molecule has 0 spiro atoms. The molecule has 0 rings (SSSR count). The highest BCUT2D eigenvalue weighted by Gasteiger charge is 2.42. The number of unbranched alkanes of at least 4 members (excludes halogenated alkanes) is 2. The van der Waals surface area contributed by atoms with E-state index in [1.165, 1.54) is 19.3 Å². The third-order valence-electron chi connectivity index (χ3n) is 5.31. The van der Waals surface area contributed by atoms with E-state index in [1.807, 2.05) is 0 Å². The van der Waals surface area contributed by atoms with Crippen molar-refractivity contribution in [2.45, 2.75) is 112 Å². The van der Waals surface area contributed by atoms with Crippen LogP contribution in [0.1, 0.15) is 100 Å². The molecule has 0 fully saturated rings. The Kier molecular flexibility index (Phi) is 9.89. The van der Waals surface area contributed by atoms with Crippen molar-refractivity contribution in [1.82, 2.24) is 0 Å². The van der Waals surface area contributed by atoms with Gasteiger partial charge in [0.25, 0.3) is 0 Å². The van der Waals surface area contributed by atoms with Gasteiger partial charge in [-0.1, -0.05) is 40.5 Å². The van der Waals surface area contributed by atoms with E-state index in [1.54, 1.807) is 0 Å². The van der Waals surface area contributed by atoms with Crippen LogP contribution in [-0.2, 0) is 9.47 Å². The molecule has 0 saturated heterocycles. The second kappa shape index (κ2) is 9.93. The van der Waals surface area contributed by atoms with Crippen molar-refractivity contribution in [2.24, 2.45) is 5.41 Å². The van der Waals surface area contributed by atoms with Crippen LogP contribution in [0, 0.1) is 5.41 Å². The minimum Gasteiger partial charge on any atom is -0.376 e. The maximum atomic E-state index is 6.39. The summed E-state index contributed by atoms with van der Waals surface area (Å²) in [5.41, 5.74) is 0.153. The molecule has 2 unspecified atom stereocenters. The molecule has 22 heavy (non-hydrogen) atoms. The summed E-state index contributed by atoms with van der Waals surface area (Å²) in [6.45, 7) is 19.6. The van der Waals surface area contributed by atoms with Gasteiger partial charge in [0, 0.05) is 13.2 Å². The highest BCUT2D eigenvalue weighted by atomic mass is 16.5. The van der Waals surface area contributed by atoms with Crippen LogP contribution in [0.15, 0.2) is 0 Å². The highest BCUT2D eigenvalue weighted by Crippen LogP contribution is 2.44. The number of hydrogen-bond donors (Lipinski definition) is 0. The molecule has 0 aliphatic heterocycles. The lowest BCUT2D eigenvalue weighted by Crippen LogP contribution is -2.46. The summed E-state index contributed by atoms with van der Waals surface area (Å²) in [7, 11) is 0. The maximum absolute atomic E-state index is 6.39. The third kappa shape index (κ3) is 7.46. The minimum atomic E-state index is -0.0344. The zero-order valence-electron chi connectivity index (χ0n) is 16.7. The molecule has 2 nitrogen and oxygen atoms in total. The van der Waals surface area contributed by atoms with Gasteiger partial charge in [0.15, 0.2) is 0 Å². The molecule has 2 atom stereocenters. The lowest BCUT2D eigenvalue weighted by molar-refractivity contribution is -0.129. The Labute approximate surface area is 140 Å². The standard InChI is InChI=1S/C20H42O2/c1-9-12-13-16-22-20(8,11-3)19(7,10-2)15-14-17-21-18(4,5)6/h9-17H2,1-8H3. The van der Waals surface area contributed by atoms with E-state index in [4.69, 9.17) is 9.47 Å². The van der Waals surface area contributed by atoms with Crippen molar-refractivity contribution < 1.29 is 9.47 Å². The SMILES string of the molecule is CCCCCOC(C)(CC)C(C)(CC)CCCOC(C)(C)C. The average Bonchev–Trinajstić information content (AvgIpc) is 2.46. The number of rotatable bonds is 12. The molecule has 0 N–H and O–H groups in total. The first-order chi connectivity index (χ1) is 10.1. The van der Waals surface area contributed by atoms with Crippen LogP contribution in [0.25, 0.3) is 0 Å². The van der Waals surface area contributed by atoms with E-state index in [0.29, 0.717) is 0 Å². The van der Waals surface area contributed by atoms with E-state index < -0.39 is 0 Å². The van der Waals surface area contributed by atoms with Gasteiger partial charge in [-0.2, -0.15) is 0 Å². The van der Waals surface area contributed by atoms with Crippen LogP contribution in [0.4, 0.5) is 0 Å². The Hall–Kier alpha value is -0.0800. The predicted octanol–water partition coefficient (Wildman–Crippen LogP) is 6.37. The van der Waals surface area contributed by atoms with Gasteiger partial charge in [-0.25, -0.2) is 0 Å². The monoisotopic (exact) mass is 314 g/mol. The molecular formula is C20H42O2. The first kappa shape index (κ1) is 21.9. The van der Waals surface area contributed by atoms with Crippen molar-refractivity contribution >= 4 is 0 Å². The minimum absolute atomic E-state index is 0.0305. The molecule has 0 aliphatic carbocycles. The molecule has 0 aromatic rings. The molecule has 2 heteroatoms. The van der Waals surface area contributed by atoms with E-state index in [0.717, 1.165) is 38.9 Å². The fraction of sp³-hybridized carbons (Fsp3) is 1.00. The second-order valence-electron chi connectivity index (χ2n) is 8.12. The summed E-state index contributed by atoms with van der Waals surface area (Å²) in [5.74, 6) is 0. The Balaban J connectivity index is 4.54. The van der Waals surface area contributed by atoms with E-state index in [9.17, 15) is 0 Å². The van der Waals surface area contributed by atoms with Gasteiger partial charge < -0.3 is 9.47 Å². The summed E-state index contributed by atoms with van der Waals surface area (Å²) in [6, 6.07) is 0. The van der Waals surface area contributed by atoms with Gasteiger partial charge in [0.2, 0.25) is 0 Å². The second-order valence-corrected chi connectivity index (χ2v) is 8.12. The molecule has 0 saturated carbocycles. The van der Waals surface area contributed by atoms with Crippen molar-refractivity contribution in [3.8, 4) is 0 Å². The smallest absolute Gasteiger partial charge is 0.0705 e. The Morgan fingerprint density at radius 3 is 1.73 bits per heavy atom. The normalized spacial score (nSPS) is 18.0. The van der Waals surface area contributed by atoms with Crippen LogP contribution in [-0.4, -0.2) is 24.4 Å². The lowest BCUT2D eigenvalue weighted by Gasteiger charge is -2.46. The zero-order chi connectivity index (χ0) is 17.3. The zero-order valence-corrected chi connectivity index (χ0v) is 16.7. The topological polar surface area (TPSA) is 18.5 Å². The van der Waals surface area contributed by atoms with Gasteiger partial charge >= 0.3 is 0 Å². The Bertz CT molecular complexity index is 282. The third-order valence-corrected chi connectivity index (χ3v) is 5.31. The maximum Gasteiger partial charge on any atom is 0.0705 e. The Morgan fingerprint density at radius 1 is 0.682 bits per heavy atom. The molecule has 0 bridgehead atoms. The molecule has 0 aromatic heterocycles. The molecule has 0 aromatic carbocycles. The summed E-state index contributed by atoms with van der Waals surface area (Å²) in [5, 5.41) is 0. The summed E-state index contributed by atoms with van der Waals surface area (Å²) < 4.78 is 12.3. The summed E-state index contributed by atoms with van der Waals surface area (Å²) in [6.07, 6.45) is 8.19. The number of hydrogen-bond acceptors (Lipinski definition) is 2. The van der Waals surface area contributed by atoms with Gasteiger partial charge in [-0.05, 0) is 65.2 Å². The van der Waals surface area contributed by atoms with Gasteiger partial charge in [-0.3, -0.25) is 0 Å². The number of ether oxygens (including phenoxy) is 2. The van der Waals surface area contributed by atoms with Crippen molar-refractivity contribution in [3.05, 3.63) is 0 Å². The fourth-order valence-electron chi connectivity index (χ4n) is 3.01. The van der Waals surface area contributed by atoms with E-state index >= 15 is 0 Å². The molecule has 0 radical (unpaired) electrons. The molecule has 134 valence electrons. The van der Waals surface area contributed by atoms with Crippen LogP contribution in [0.5, 0.6) is 0 Å². The average molecular weight is 315 g/mol. The first-order valence-corrected chi connectivity index (χ1v) is 9.42. The summed E-state index contributed by atoms with van der Waals surface area (Å²) >= 11 is 0. The van der Waals surface area contributed by atoms with Gasteiger partial charge in [0.05, 0.1) is 11.2 Å². The van der Waals surface area contributed by atoms with Crippen molar-refractivity contribution in [2.75, 3.05) is 13.2 Å². The van der Waals surface area contributed by atoms with Gasteiger partial charge in [0.1, 0.15) is 0 Å². The van der Waals surface area contributed by atoms with Crippen molar-refractivity contribution in [3.63, 3.8) is 0 Å². The largest absolute Gasteiger partial charge is 0.376 e. The molecule has 0 amide bonds. The Morgan fingerprint density at radius 2 is 1.27 bits per heavy atom. The first-order valence-electron chi connectivity index (χ1n) is 9.42.